The summed E-state index contributed by atoms with van der Waals surface area (Å²) in [4.78, 5) is 0. The first-order chi connectivity index (χ1) is 8.65. The molecule has 94 valence electrons. The molecular formula is C14H15NO3. The normalized spacial score (nSPS) is 12.1. The minimum absolute atomic E-state index is 0.151. The van der Waals surface area contributed by atoms with Gasteiger partial charge in [-0.2, -0.15) is 0 Å². The lowest BCUT2D eigenvalue weighted by atomic mass is 10.1. The van der Waals surface area contributed by atoms with Crippen LogP contribution in [0.1, 0.15) is 11.6 Å². The van der Waals surface area contributed by atoms with Gasteiger partial charge in [-0.15, -0.1) is 0 Å². The van der Waals surface area contributed by atoms with Crippen LogP contribution in [0.25, 0.3) is 0 Å². The van der Waals surface area contributed by atoms with E-state index in [-0.39, 0.29) is 24.1 Å². The second-order valence-corrected chi connectivity index (χ2v) is 4.01. The molecule has 1 unspecified atom stereocenters. The van der Waals surface area contributed by atoms with Gasteiger partial charge in [-0.3, -0.25) is 0 Å². The first kappa shape index (κ1) is 12.3. The Morgan fingerprint density at radius 2 is 1.67 bits per heavy atom. The molecule has 2 aromatic carbocycles. The number of benzene rings is 2. The van der Waals surface area contributed by atoms with E-state index in [0.717, 1.165) is 5.56 Å². The number of nitrogens with two attached hydrogens (primary N) is 1. The Labute approximate surface area is 105 Å². The Hall–Kier alpha value is -2.20. The van der Waals surface area contributed by atoms with Crippen molar-refractivity contribution in [2.24, 2.45) is 5.73 Å². The molecule has 0 spiro atoms. The van der Waals surface area contributed by atoms with Crippen molar-refractivity contribution in [2.75, 3.05) is 6.61 Å². The second kappa shape index (κ2) is 5.42. The van der Waals surface area contributed by atoms with Crippen LogP contribution in [0.5, 0.6) is 17.2 Å². The van der Waals surface area contributed by atoms with E-state index in [0.29, 0.717) is 5.75 Å². The fraction of sp³-hybridized carbons (Fsp3) is 0.143. The first-order valence-corrected chi connectivity index (χ1v) is 5.61. The van der Waals surface area contributed by atoms with E-state index in [4.69, 9.17) is 10.5 Å². The maximum absolute atomic E-state index is 9.35. The number of aromatic hydroxyl groups is 2. The summed E-state index contributed by atoms with van der Waals surface area (Å²) in [7, 11) is 0. The van der Waals surface area contributed by atoms with E-state index in [2.05, 4.69) is 0 Å². The second-order valence-electron chi connectivity index (χ2n) is 4.01. The molecule has 0 aliphatic carbocycles. The molecule has 0 radical (unpaired) electrons. The molecule has 1 atom stereocenters. The van der Waals surface area contributed by atoms with Gasteiger partial charge in [0.2, 0.25) is 0 Å². The third kappa shape index (κ3) is 3.15. The highest BCUT2D eigenvalue weighted by atomic mass is 16.5. The number of hydrogen-bond donors (Lipinski definition) is 3. The Bertz CT molecular complexity index is 528. The van der Waals surface area contributed by atoms with Gasteiger partial charge >= 0.3 is 0 Å². The smallest absolute Gasteiger partial charge is 0.123 e. The van der Waals surface area contributed by atoms with Crippen LogP contribution in [0.3, 0.4) is 0 Å². The van der Waals surface area contributed by atoms with E-state index in [1.807, 2.05) is 6.07 Å². The summed E-state index contributed by atoms with van der Waals surface area (Å²) in [5, 5.41) is 18.6. The van der Waals surface area contributed by atoms with Gasteiger partial charge in [0.05, 0.1) is 6.04 Å². The quantitative estimate of drug-likeness (QED) is 0.771. The summed E-state index contributed by atoms with van der Waals surface area (Å²) in [6.45, 7) is 0.271. The number of rotatable bonds is 4. The topological polar surface area (TPSA) is 75.7 Å². The van der Waals surface area contributed by atoms with Gasteiger partial charge in [0, 0.05) is 6.07 Å². The SMILES string of the molecule is NC(COc1cccc(O)c1)c1cccc(O)c1. The highest BCUT2D eigenvalue weighted by molar-refractivity contribution is 5.32. The highest BCUT2D eigenvalue weighted by Crippen LogP contribution is 2.20. The number of phenols is 2. The summed E-state index contributed by atoms with van der Waals surface area (Å²) in [5.74, 6) is 0.893. The summed E-state index contributed by atoms with van der Waals surface area (Å²) in [6, 6.07) is 13.0. The molecule has 0 heterocycles. The van der Waals surface area contributed by atoms with Crippen LogP contribution in [0.2, 0.25) is 0 Å². The van der Waals surface area contributed by atoms with Gasteiger partial charge in [-0.25, -0.2) is 0 Å². The average Bonchev–Trinajstić information content (AvgIpc) is 2.36. The van der Waals surface area contributed by atoms with Crippen LogP contribution < -0.4 is 10.5 Å². The maximum Gasteiger partial charge on any atom is 0.123 e. The molecule has 0 aliphatic rings. The van der Waals surface area contributed by atoms with Gasteiger partial charge in [0.1, 0.15) is 23.9 Å². The molecule has 0 saturated carbocycles. The minimum atomic E-state index is -0.334. The maximum atomic E-state index is 9.35. The van der Waals surface area contributed by atoms with Gasteiger partial charge < -0.3 is 20.7 Å². The minimum Gasteiger partial charge on any atom is -0.508 e. The Kier molecular flexibility index (Phi) is 3.69. The Morgan fingerprint density at radius 1 is 1.00 bits per heavy atom. The van der Waals surface area contributed by atoms with Crippen molar-refractivity contribution in [3.8, 4) is 17.2 Å². The number of phenolic OH excluding ortho intramolecular Hbond substituents is 2. The third-order valence-corrected chi connectivity index (χ3v) is 2.55. The Balaban J connectivity index is 1.98. The predicted molar refractivity (Wildman–Crippen MR) is 68.6 cm³/mol. The summed E-state index contributed by atoms with van der Waals surface area (Å²) < 4.78 is 5.48. The monoisotopic (exact) mass is 245 g/mol. The number of hydrogen-bond acceptors (Lipinski definition) is 4. The molecule has 18 heavy (non-hydrogen) atoms. The van der Waals surface area contributed by atoms with Crippen LogP contribution in [0, 0.1) is 0 Å². The van der Waals surface area contributed by atoms with Gasteiger partial charge in [-0.05, 0) is 29.8 Å². The van der Waals surface area contributed by atoms with Crippen molar-refractivity contribution >= 4 is 0 Å². The molecule has 2 rings (SSSR count). The molecule has 4 N–H and O–H groups in total. The fourth-order valence-corrected chi connectivity index (χ4v) is 1.61. The fourth-order valence-electron chi connectivity index (χ4n) is 1.61. The standard InChI is InChI=1S/C14H15NO3/c15-14(10-3-1-4-11(16)7-10)9-18-13-6-2-5-12(17)8-13/h1-8,14,16-17H,9,15H2. The van der Waals surface area contributed by atoms with Crippen molar-refractivity contribution in [3.05, 3.63) is 54.1 Å². The largest absolute Gasteiger partial charge is 0.508 e. The summed E-state index contributed by atoms with van der Waals surface area (Å²) in [5.41, 5.74) is 6.75. The summed E-state index contributed by atoms with van der Waals surface area (Å²) in [6.07, 6.45) is 0. The zero-order valence-corrected chi connectivity index (χ0v) is 9.78. The van der Waals surface area contributed by atoms with Crippen molar-refractivity contribution in [1.29, 1.82) is 0 Å². The molecule has 0 aromatic heterocycles. The van der Waals surface area contributed by atoms with Gasteiger partial charge in [0.15, 0.2) is 0 Å². The average molecular weight is 245 g/mol. The zero-order chi connectivity index (χ0) is 13.0. The van der Waals surface area contributed by atoms with Crippen LogP contribution in [-0.2, 0) is 0 Å². The van der Waals surface area contributed by atoms with E-state index in [1.54, 1.807) is 36.4 Å². The molecule has 2 aromatic rings. The molecule has 0 saturated heterocycles. The molecule has 4 heteroatoms. The van der Waals surface area contributed by atoms with Crippen molar-refractivity contribution < 1.29 is 14.9 Å². The lowest BCUT2D eigenvalue weighted by molar-refractivity contribution is 0.289. The lowest BCUT2D eigenvalue weighted by Crippen LogP contribution is -2.18. The van der Waals surface area contributed by atoms with Gasteiger partial charge in [-0.1, -0.05) is 18.2 Å². The molecule has 4 nitrogen and oxygen atoms in total. The lowest BCUT2D eigenvalue weighted by Gasteiger charge is -2.13. The third-order valence-electron chi connectivity index (χ3n) is 2.55. The predicted octanol–water partition coefficient (Wildman–Crippen LogP) is 2.18. The Morgan fingerprint density at radius 3 is 2.33 bits per heavy atom. The van der Waals surface area contributed by atoms with E-state index in [9.17, 15) is 10.2 Å². The van der Waals surface area contributed by atoms with Crippen LogP contribution in [0.4, 0.5) is 0 Å². The molecule has 0 aliphatic heterocycles. The number of ether oxygens (including phenoxy) is 1. The van der Waals surface area contributed by atoms with E-state index >= 15 is 0 Å². The highest BCUT2D eigenvalue weighted by Gasteiger charge is 2.07. The van der Waals surface area contributed by atoms with Crippen LogP contribution in [0.15, 0.2) is 48.5 Å². The van der Waals surface area contributed by atoms with Crippen LogP contribution in [-0.4, -0.2) is 16.8 Å². The van der Waals surface area contributed by atoms with Gasteiger partial charge in [0.25, 0.3) is 0 Å². The summed E-state index contributed by atoms with van der Waals surface area (Å²) >= 11 is 0. The zero-order valence-electron chi connectivity index (χ0n) is 9.78. The molecule has 0 amide bonds. The molecule has 0 bridgehead atoms. The first-order valence-electron chi connectivity index (χ1n) is 5.61. The van der Waals surface area contributed by atoms with Crippen molar-refractivity contribution in [2.45, 2.75) is 6.04 Å². The van der Waals surface area contributed by atoms with Crippen molar-refractivity contribution in [3.63, 3.8) is 0 Å². The molecular weight excluding hydrogens is 230 g/mol. The molecule has 0 fully saturated rings. The van der Waals surface area contributed by atoms with E-state index < -0.39 is 0 Å². The van der Waals surface area contributed by atoms with Crippen LogP contribution >= 0.6 is 0 Å². The van der Waals surface area contributed by atoms with Crippen molar-refractivity contribution in [1.82, 2.24) is 0 Å². The van der Waals surface area contributed by atoms with E-state index in [1.165, 1.54) is 6.07 Å².